The number of hydrogen-bond donors (Lipinski definition) is 1. The minimum atomic E-state index is -4.51. The number of nitrogens with zero attached hydrogens (tertiary/aromatic N) is 1. The topological polar surface area (TPSA) is 33.1 Å². The third-order valence-electron chi connectivity index (χ3n) is 2.74. The van der Waals surface area contributed by atoms with Crippen LogP contribution in [-0.2, 0) is 6.18 Å². The minimum Gasteiger partial charge on any atom is -0.387 e. The summed E-state index contributed by atoms with van der Waals surface area (Å²) in [7, 11) is 0. The first-order chi connectivity index (χ1) is 9.88. The van der Waals surface area contributed by atoms with Crippen molar-refractivity contribution in [1.29, 1.82) is 0 Å². The maximum Gasteiger partial charge on any atom is 0.416 e. The van der Waals surface area contributed by atoms with E-state index >= 15 is 0 Å². The first-order valence-electron chi connectivity index (χ1n) is 5.95. The van der Waals surface area contributed by atoms with Crippen molar-refractivity contribution in [3.63, 3.8) is 0 Å². The van der Waals surface area contributed by atoms with Gasteiger partial charge in [0.1, 0.15) is 0 Å². The van der Waals surface area contributed by atoms with E-state index in [2.05, 4.69) is 4.98 Å². The Balaban J connectivity index is 2.10. The van der Waals surface area contributed by atoms with E-state index in [1.807, 2.05) is 0 Å². The molecule has 0 radical (unpaired) electrons. The molecule has 0 saturated heterocycles. The summed E-state index contributed by atoms with van der Waals surface area (Å²) >= 11 is 7.00. The van der Waals surface area contributed by atoms with Gasteiger partial charge in [-0.25, -0.2) is 0 Å². The molecule has 1 aromatic carbocycles. The molecule has 7 heteroatoms. The molecule has 0 bridgehead atoms. The van der Waals surface area contributed by atoms with E-state index in [4.69, 9.17) is 11.6 Å². The molecule has 1 N–H and O–H groups in total. The number of alkyl halides is 3. The highest BCUT2D eigenvalue weighted by atomic mass is 35.5. The molecule has 2 nitrogen and oxygen atoms in total. The zero-order valence-electron chi connectivity index (χ0n) is 10.6. The normalized spacial score (nSPS) is 13.2. The number of rotatable bonds is 4. The standard InChI is InChI=1S/C14H11ClF3NOS/c15-9-1-3-10(4-2-9)21-8-13(20)11-7-19-6-5-12(11)14(16,17)18/h1-7,13,20H,8H2. The minimum absolute atomic E-state index is 0.0937. The van der Waals surface area contributed by atoms with Gasteiger partial charge < -0.3 is 5.11 Å². The molecule has 1 heterocycles. The molecule has 0 fully saturated rings. The van der Waals surface area contributed by atoms with Crippen molar-refractivity contribution in [2.45, 2.75) is 17.2 Å². The molecule has 2 rings (SSSR count). The molecule has 0 saturated carbocycles. The quantitative estimate of drug-likeness (QED) is 0.831. The largest absolute Gasteiger partial charge is 0.416 e. The van der Waals surface area contributed by atoms with Crippen molar-refractivity contribution in [3.05, 3.63) is 58.9 Å². The van der Waals surface area contributed by atoms with E-state index in [1.165, 1.54) is 11.8 Å². The maximum atomic E-state index is 12.9. The molecule has 0 aliphatic carbocycles. The Kier molecular flexibility index (Phi) is 5.13. The van der Waals surface area contributed by atoms with Crippen LogP contribution in [0.15, 0.2) is 47.6 Å². The molecule has 2 aromatic rings. The average Bonchev–Trinajstić information content (AvgIpc) is 2.45. The Morgan fingerprint density at radius 1 is 1.19 bits per heavy atom. The van der Waals surface area contributed by atoms with E-state index in [-0.39, 0.29) is 11.3 Å². The van der Waals surface area contributed by atoms with E-state index in [0.29, 0.717) is 5.02 Å². The molecule has 1 atom stereocenters. The van der Waals surface area contributed by atoms with Gasteiger partial charge >= 0.3 is 6.18 Å². The molecule has 0 spiro atoms. The number of benzene rings is 1. The van der Waals surface area contributed by atoms with Crippen LogP contribution >= 0.6 is 23.4 Å². The van der Waals surface area contributed by atoms with Crippen molar-refractivity contribution in [3.8, 4) is 0 Å². The van der Waals surface area contributed by atoms with Crippen molar-refractivity contribution in [2.24, 2.45) is 0 Å². The predicted molar refractivity (Wildman–Crippen MR) is 76.4 cm³/mol. The van der Waals surface area contributed by atoms with Crippen LogP contribution in [0.4, 0.5) is 13.2 Å². The first-order valence-corrected chi connectivity index (χ1v) is 7.32. The number of halogens is 4. The van der Waals surface area contributed by atoms with E-state index in [1.54, 1.807) is 24.3 Å². The van der Waals surface area contributed by atoms with E-state index in [9.17, 15) is 18.3 Å². The Labute approximate surface area is 129 Å². The summed E-state index contributed by atoms with van der Waals surface area (Å²) < 4.78 is 38.6. The molecule has 0 aliphatic rings. The van der Waals surface area contributed by atoms with E-state index < -0.39 is 17.8 Å². The van der Waals surface area contributed by atoms with Gasteiger partial charge in [-0.2, -0.15) is 13.2 Å². The summed E-state index contributed by atoms with van der Waals surface area (Å²) in [4.78, 5) is 4.48. The number of thioether (sulfide) groups is 1. The van der Waals surface area contributed by atoms with Gasteiger partial charge in [0.05, 0.1) is 11.7 Å². The van der Waals surface area contributed by atoms with Crippen LogP contribution in [0, 0.1) is 0 Å². The molecule has 0 aliphatic heterocycles. The summed E-state index contributed by atoms with van der Waals surface area (Å²) in [6, 6.07) is 7.72. The zero-order chi connectivity index (χ0) is 15.5. The second kappa shape index (κ2) is 6.68. The number of hydrogen-bond acceptors (Lipinski definition) is 3. The highest BCUT2D eigenvalue weighted by molar-refractivity contribution is 7.99. The summed E-state index contributed by atoms with van der Waals surface area (Å²) in [6.07, 6.45) is -3.65. The van der Waals surface area contributed by atoms with Crippen LogP contribution in [0.1, 0.15) is 17.2 Å². The summed E-state index contributed by atoms with van der Waals surface area (Å²) in [5, 5.41) is 10.6. The Hall–Kier alpha value is -1.24. The highest BCUT2D eigenvalue weighted by Gasteiger charge is 2.34. The van der Waals surface area contributed by atoms with Crippen molar-refractivity contribution in [1.82, 2.24) is 4.98 Å². The lowest BCUT2D eigenvalue weighted by Gasteiger charge is -2.16. The monoisotopic (exact) mass is 333 g/mol. The van der Waals surface area contributed by atoms with Gasteiger partial charge in [-0.05, 0) is 30.3 Å². The fraction of sp³-hybridized carbons (Fsp3) is 0.214. The Morgan fingerprint density at radius 3 is 2.48 bits per heavy atom. The predicted octanol–water partition coefficient (Wildman–Crippen LogP) is 4.58. The third-order valence-corrected chi connectivity index (χ3v) is 4.08. The lowest BCUT2D eigenvalue weighted by Crippen LogP contribution is -2.13. The lowest BCUT2D eigenvalue weighted by atomic mass is 10.1. The van der Waals surface area contributed by atoms with Crippen molar-refractivity contribution in [2.75, 3.05) is 5.75 Å². The SMILES string of the molecule is OC(CSc1ccc(Cl)cc1)c1cnccc1C(F)(F)F. The third kappa shape index (κ3) is 4.36. The van der Waals surface area contributed by atoms with E-state index in [0.717, 1.165) is 23.4 Å². The lowest BCUT2D eigenvalue weighted by molar-refractivity contribution is -0.139. The molecule has 112 valence electrons. The summed E-state index contributed by atoms with van der Waals surface area (Å²) in [6.45, 7) is 0. The summed E-state index contributed by atoms with van der Waals surface area (Å²) in [5.74, 6) is 0.0937. The van der Waals surface area contributed by atoms with Gasteiger partial charge in [-0.15, -0.1) is 11.8 Å². The summed E-state index contributed by atoms with van der Waals surface area (Å²) in [5.41, 5.74) is -1.08. The van der Waals surface area contributed by atoms with Crippen LogP contribution in [-0.4, -0.2) is 15.8 Å². The zero-order valence-corrected chi connectivity index (χ0v) is 12.2. The van der Waals surface area contributed by atoms with Crippen LogP contribution in [0.2, 0.25) is 5.02 Å². The Bertz CT molecular complexity index is 604. The number of aromatic nitrogens is 1. The van der Waals surface area contributed by atoms with Gasteiger partial charge in [0.25, 0.3) is 0 Å². The number of aliphatic hydroxyl groups excluding tert-OH is 1. The fourth-order valence-electron chi connectivity index (χ4n) is 1.73. The second-order valence-electron chi connectivity index (χ2n) is 4.24. The fourth-order valence-corrected chi connectivity index (χ4v) is 2.71. The van der Waals surface area contributed by atoms with Crippen molar-refractivity contribution >= 4 is 23.4 Å². The van der Waals surface area contributed by atoms with Gasteiger partial charge in [0.15, 0.2) is 0 Å². The van der Waals surface area contributed by atoms with Gasteiger partial charge in [0, 0.05) is 33.6 Å². The molecular weight excluding hydrogens is 323 g/mol. The van der Waals surface area contributed by atoms with Gasteiger partial charge in [-0.1, -0.05) is 11.6 Å². The van der Waals surface area contributed by atoms with Crippen LogP contribution in [0.3, 0.4) is 0 Å². The molecule has 21 heavy (non-hydrogen) atoms. The second-order valence-corrected chi connectivity index (χ2v) is 5.77. The van der Waals surface area contributed by atoms with Crippen LogP contribution in [0.25, 0.3) is 0 Å². The first kappa shape index (κ1) is 16.1. The highest BCUT2D eigenvalue weighted by Crippen LogP contribution is 2.35. The van der Waals surface area contributed by atoms with Crippen LogP contribution < -0.4 is 0 Å². The molecular formula is C14H11ClF3NOS. The average molecular weight is 334 g/mol. The molecule has 0 amide bonds. The molecule has 1 unspecified atom stereocenters. The number of pyridine rings is 1. The Morgan fingerprint density at radius 2 is 1.86 bits per heavy atom. The smallest absolute Gasteiger partial charge is 0.387 e. The van der Waals surface area contributed by atoms with Gasteiger partial charge in [-0.3, -0.25) is 4.98 Å². The van der Waals surface area contributed by atoms with Crippen molar-refractivity contribution < 1.29 is 18.3 Å². The van der Waals surface area contributed by atoms with Gasteiger partial charge in [0.2, 0.25) is 0 Å². The maximum absolute atomic E-state index is 12.9. The number of aliphatic hydroxyl groups is 1. The van der Waals surface area contributed by atoms with Crippen LogP contribution in [0.5, 0.6) is 0 Å². The molecule has 1 aromatic heterocycles.